The molecule has 1 fully saturated rings. The lowest BCUT2D eigenvalue weighted by molar-refractivity contribution is -0.140. The van der Waals surface area contributed by atoms with Gasteiger partial charge in [-0.15, -0.1) is 0 Å². The van der Waals surface area contributed by atoms with Gasteiger partial charge in [0.2, 0.25) is 0 Å². The van der Waals surface area contributed by atoms with Crippen LogP contribution in [0.3, 0.4) is 0 Å². The van der Waals surface area contributed by atoms with E-state index in [1.165, 1.54) is 4.90 Å². The Morgan fingerprint density at radius 1 is 1.17 bits per heavy atom. The minimum Gasteiger partial charge on any atom is -0.507 e. The summed E-state index contributed by atoms with van der Waals surface area (Å²) in [4.78, 5) is 29.3. The van der Waals surface area contributed by atoms with Gasteiger partial charge in [-0.2, -0.15) is 0 Å². The second-order valence-electron chi connectivity index (χ2n) is 7.53. The number of ether oxygens (including phenoxy) is 1. The Labute approximate surface area is 184 Å². The highest BCUT2D eigenvalue weighted by Crippen LogP contribution is 2.40. The molecule has 0 radical (unpaired) electrons. The molecule has 1 unspecified atom stereocenters. The third-order valence-electron chi connectivity index (χ3n) is 5.18. The largest absolute Gasteiger partial charge is 0.507 e. The molecule has 0 aromatic heterocycles. The van der Waals surface area contributed by atoms with E-state index in [0.717, 1.165) is 15.6 Å². The number of nitrogens with zero attached hydrogens (tertiary/aromatic N) is 2. The number of methoxy groups -OCH3 is 1. The Balaban J connectivity index is 2.14. The molecule has 1 aliphatic rings. The van der Waals surface area contributed by atoms with Gasteiger partial charge in [-0.25, -0.2) is 0 Å². The zero-order valence-corrected chi connectivity index (χ0v) is 19.1. The van der Waals surface area contributed by atoms with Crippen molar-refractivity contribution < 1.29 is 19.4 Å². The molecule has 1 saturated heterocycles. The van der Waals surface area contributed by atoms with Crippen molar-refractivity contribution in [1.29, 1.82) is 0 Å². The van der Waals surface area contributed by atoms with Gasteiger partial charge in [-0.05, 0) is 62.5 Å². The van der Waals surface area contributed by atoms with Gasteiger partial charge in [0.15, 0.2) is 0 Å². The third kappa shape index (κ3) is 4.27. The lowest BCUT2D eigenvalue weighted by atomic mass is 9.95. The van der Waals surface area contributed by atoms with Crippen LogP contribution in [0.2, 0.25) is 0 Å². The molecule has 0 bridgehead atoms. The second kappa shape index (κ2) is 9.02. The van der Waals surface area contributed by atoms with Gasteiger partial charge in [0.25, 0.3) is 11.7 Å². The summed E-state index contributed by atoms with van der Waals surface area (Å²) in [6.45, 7) is 2.83. The predicted octanol–water partition coefficient (Wildman–Crippen LogP) is 3.75. The van der Waals surface area contributed by atoms with Gasteiger partial charge >= 0.3 is 0 Å². The van der Waals surface area contributed by atoms with Gasteiger partial charge in [0, 0.05) is 23.1 Å². The average molecular weight is 473 g/mol. The lowest BCUT2D eigenvalue weighted by Gasteiger charge is -2.26. The van der Waals surface area contributed by atoms with Crippen LogP contribution >= 0.6 is 15.9 Å². The number of ketones is 1. The standard InChI is InChI=1S/C23H25BrN2O4/c1-14-13-16(7-10-18(14)30-4)21(27)19-20(15-5-8-17(24)9-6-15)26(12-11-25(2)3)23(29)22(19)28/h5-10,13,20,27H,11-12H2,1-4H3/b21-19-. The smallest absolute Gasteiger partial charge is 0.295 e. The number of aliphatic hydroxyl groups excluding tert-OH is 1. The number of likely N-dealkylation sites (tertiary alicyclic amines) is 1. The molecule has 2 aromatic rings. The van der Waals surface area contributed by atoms with Crippen LogP contribution in [0, 0.1) is 6.92 Å². The number of Topliss-reactive ketones (excluding diaryl/α,β-unsaturated/α-hetero) is 1. The van der Waals surface area contributed by atoms with Gasteiger partial charge < -0.3 is 19.6 Å². The summed E-state index contributed by atoms with van der Waals surface area (Å²) in [6.07, 6.45) is 0. The van der Waals surface area contributed by atoms with Crippen LogP contribution in [0.1, 0.15) is 22.7 Å². The molecule has 2 aromatic carbocycles. The van der Waals surface area contributed by atoms with Gasteiger partial charge in [0.1, 0.15) is 11.5 Å². The van der Waals surface area contributed by atoms with E-state index in [9.17, 15) is 14.7 Å². The van der Waals surface area contributed by atoms with Crippen LogP contribution in [0.15, 0.2) is 52.5 Å². The Morgan fingerprint density at radius 2 is 1.83 bits per heavy atom. The number of aryl methyl sites for hydroxylation is 1. The third-order valence-corrected chi connectivity index (χ3v) is 5.71. The van der Waals surface area contributed by atoms with E-state index in [4.69, 9.17) is 4.74 Å². The van der Waals surface area contributed by atoms with Crippen molar-refractivity contribution >= 4 is 33.4 Å². The number of halogens is 1. The van der Waals surface area contributed by atoms with E-state index in [2.05, 4.69) is 15.9 Å². The number of benzene rings is 2. The first-order valence-electron chi connectivity index (χ1n) is 9.58. The fourth-order valence-corrected chi connectivity index (χ4v) is 3.86. The van der Waals surface area contributed by atoms with E-state index in [0.29, 0.717) is 24.4 Å². The molecule has 0 saturated carbocycles. The molecule has 158 valence electrons. The van der Waals surface area contributed by atoms with E-state index < -0.39 is 17.7 Å². The molecule has 1 atom stereocenters. The summed E-state index contributed by atoms with van der Waals surface area (Å²) < 4.78 is 6.17. The number of aliphatic hydroxyl groups is 1. The fourth-order valence-electron chi connectivity index (χ4n) is 3.59. The highest BCUT2D eigenvalue weighted by molar-refractivity contribution is 9.10. The Morgan fingerprint density at radius 3 is 2.40 bits per heavy atom. The lowest BCUT2D eigenvalue weighted by Crippen LogP contribution is -2.35. The fraction of sp³-hybridized carbons (Fsp3) is 0.304. The van der Waals surface area contributed by atoms with Gasteiger partial charge in [-0.1, -0.05) is 28.1 Å². The number of hydrogen-bond donors (Lipinski definition) is 1. The number of carbonyl (C=O) groups excluding carboxylic acids is 2. The summed E-state index contributed by atoms with van der Waals surface area (Å²) in [5.74, 6) is -0.772. The van der Waals surface area contributed by atoms with Crippen molar-refractivity contribution in [3.8, 4) is 5.75 Å². The Bertz CT molecular complexity index is 999. The van der Waals surface area contributed by atoms with Crippen molar-refractivity contribution in [3.63, 3.8) is 0 Å². The van der Waals surface area contributed by atoms with Crippen molar-refractivity contribution in [2.24, 2.45) is 0 Å². The van der Waals surface area contributed by atoms with Crippen molar-refractivity contribution in [3.05, 3.63) is 69.2 Å². The summed E-state index contributed by atoms with van der Waals surface area (Å²) in [5, 5.41) is 11.1. The van der Waals surface area contributed by atoms with Crippen LogP contribution in [-0.4, -0.2) is 60.9 Å². The first kappa shape index (κ1) is 22.1. The summed E-state index contributed by atoms with van der Waals surface area (Å²) in [6, 6.07) is 12.0. The molecule has 0 aliphatic carbocycles. The molecule has 7 heteroatoms. The van der Waals surface area contributed by atoms with E-state index in [1.807, 2.05) is 50.2 Å². The van der Waals surface area contributed by atoms with Crippen LogP contribution in [0.4, 0.5) is 0 Å². The highest BCUT2D eigenvalue weighted by atomic mass is 79.9. The van der Waals surface area contributed by atoms with Crippen molar-refractivity contribution in [1.82, 2.24) is 9.80 Å². The first-order valence-corrected chi connectivity index (χ1v) is 10.4. The molecule has 30 heavy (non-hydrogen) atoms. The average Bonchev–Trinajstić information content (AvgIpc) is 2.96. The Kier molecular flexibility index (Phi) is 6.63. The van der Waals surface area contributed by atoms with E-state index in [-0.39, 0.29) is 11.3 Å². The molecule has 3 rings (SSSR count). The molecule has 1 heterocycles. The molecule has 6 nitrogen and oxygen atoms in total. The summed E-state index contributed by atoms with van der Waals surface area (Å²) >= 11 is 3.42. The van der Waals surface area contributed by atoms with Crippen LogP contribution < -0.4 is 4.74 Å². The quantitative estimate of drug-likeness (QED) is 0.393. The zero-order chi connectivity index (χ0) is 22.0. The van der Waals surface area contributed by atoms with Crippen LogP contribution in [-0.2, 0) is 9.59 Å². The first-order chi connectivity index (χ1) is 14.2. The van der Waals surface area contributed by atoms with Gasteiger partial charge in [0.05, 0.1) is 18.7 Å². The molecule has 1 amide bonds. The highest BCUT2D eigenvalue weighted by Gasteiger charge is 2.45. The minimum atomic E-state index is -0.673. The minimum absolute atomic E-state index is 0.102. The molecular formula is C23H25BrN2O4. The summed E-state index contributed by atoms with van der Waals surface area (Å²) in [5.41, 5.74) is 2.16. The number of rotatable bonds is 6. The van der Waals surface area contributed by atoms with Crippen molar-refractivity contribution in [2.45, 2.75) is 13.0 Å². The number of likely N-dealkylation sites (N-methyl/N-ethyl adjacent to an activating group) is 1. The maximum Gasteiger partial charge on any atom is 0.295 e. The van der Waals surface area contributed by atoms with E-state index in [1.54, 1.807) is 25.3 Å². The predicted molar refractivity (Wildman–Crippen MR) is 119 cm³/mol. The topological polar surface area (TPSA) is 70.1 Å². The number of hydrogen-bond acceptors (Lipinski definition) is 5. The molecule has 1 aliphatic heterocycles. The second-order valence-corrected chi connectivity index (χ2v) is 8.45. The Hall–Kier alpha value is -2.64. The van der Waals surface area contributed by atoms with Crippen LogP contribution in [0.25, 0.3) is 5.76 Å². The molecule has 0 spiro atoms. The maximum atomic E-state index is 13.0. The van der Waals surface area contributed by atoms with Crippen LogP contribution in [0.5, 0.6) is 5.75 Å². The number of carbonyl (C=O) groups is 2. The van der Waals surface area contributed by atoms with Crippen molar-refractivity contribution in [2.75, 3.05) is 34.3 Å². The monoisotopic (exact) mass is 472 g/mol. The normalized spacial score (nSPS) is 18.3. The molecule has 1 N–H and O–H groups in total. The van der Waals surface area contributed by atoms with E-state index >= 15 is 0 Å². The number of amides is 1. The van der Waals surface area contributed by atoms with Gasteiger partial charge in [-0.3, -0.25) is 9.59 Å². The molecular weight excluding hydrogens is 448 g/mol. The summed E-state index contributed by atoms with van der Waals surface area (Å²) in [7, 11) is 5.39. The zero-order valence-electron chi connectivity index (χ0n) is 17.5. The SMILES string of the molecule is COc1ccc(/C(O)=C2/C(=O)C(=O)N(CCN(C)C)C2c2ccc(Br)cc2)cc1C. The maximum absolute atomic E-state index is 13.0.